The van der Waals surface area contributed by atoms with Gasteiger partial charge in [-0.2, -0.15) is 13.2 Å². The second-order valence-corrected chi connectivity index (χ2v) is 4.33. The van der Waals surface area contributed by atoms with Gasteiger partial charge in [0.05, 0.1) is 0 Å². The third kappa shape index (κ3) is 4.01. The average Bonchev–Trinajstić information content (AvgIpc) is 2.45. The first-order valence-corrected chi connectivity index (χ1v) is 6.10. The van der Waals surface area contributed by atoms with E-state index in [1.165, 1.54) is 4.90 Å². The Morgan fingerprint density at radius 1 is 1.25 bits per heavy atom. The van der Waals surface area contributed by atoms with E-state index < -0.39 is 18.9 Å². The van der Waals surface area contributed by atoms with Crippen LogP contribution in [0.3, 0.4) is 0 Å². The highest BCUT2D eigenvalue weighted by Crippen LogP contribution is 2.16. The fourth-order valence-corrected chi connectivity index (χ4v) is 1.89. The highest BCUT2D eigenvalue weighted by atomic mass is 19.4. The van der Waals surface area contributed by atoms with Gasteiger partial charge in [-0.25, -0.2) is 9.78 Å². The Labute approximate surface area is 113 Å². The van der Waals surface area contributed by atoms with Gasteiger partial charge >= 0.3 is 12.3 Å². The Balaban J connectivity index is 1.81. The van der Waals surface area contributed by atoms with Crippen LogP contribution in [0.2, 0.25) is 0 Å². The maximum absolute atomic E-state index is 12.0. The lowest BCUT2D eigenvalue weighted by Gasteiger charge is -2.34. The Bertz CT molecular complexity index is 445. The van der Waals surface area contributed by atoms with E-state index >= 15 is 0 Å². The van der Waals surface area contributed by atoms with E-state index in [0.29, 0.717) is 26.2 Å². The van der Waals surface area contributed by atoms with Crippen LogP contribution in [-0.4, -0.2) is 54.9 Å². The Morgan fingerprint density at radius 2 is 1.95 bits per heavy atom. The fraction of sp³-hybridized carbons (Fsp3) is 0.500. The normalized spacial score (nSPS) is 16.1. The van der Waals surface area contributed by atoms with E-state index in [9.17, 15) is 18.0 Å². The van der Waals surface area contributed by atoms with E-state index in [1.54, 1.807) is 12.3 Å². The van der Waals surface area contributed by atoms with Crippen LogP contribution in [0.15, 0.2) is 24.4 Å². The first-order valence-electron chi connectivity index (χ1n) is 6.10. The Morgan fingerprint density at radius 3 is 2.50 bits per heavy atom. The number of carbonyl (C=O) groups excluding carboxylic acids is 1. The van der Waals surface area contributed by atoms with Crippen LogP contribution in [0.4, 0.5) is 23.8 Å². The maximum atomic E-state index is 12.0. The van der Waals surface area contributed by atoms with Crippen LogP contribution < -0.4 is 4.90 Å². The van der Waals surface area contributed by atoms with Gasteiger partial charge in [-0.05, 0) is 12.1 Å². The summed E-state index contributed by atoms with van der Waals surface area (Å²) in [7, 11) is 0. The van der Waals surface area contributed by atoms with Crippen LogP contribution in [0.25, 0.3) is 0 Å². The van der Waals surface area contributed by atoms with Crippen LogP contribution in [0.1, 0.15) is 0 Å². The summed E-state index contributed by atoms with van der Waals surface area (Å²) in [6.07, 6.45) is -3.76. The summed E-state index contributed by atoms with van der Waals surface area (Å²) in [5.74, 6) is 0.788. The molecule has 1 aliphatic rings. The van der Waals surface area contributed by atoms with Crippen molar-refractivity contribution in [3.05, 3.63) is 24.4 Å². The van der Waals surface area contributed by atoms with Gasteiger partial charge in [-0.1, -0.05) is 6.07 Å². The van der Waals surface area contributed by atoms with Crippen molar-refractivity contribution in [3.63, 3.8) is 0 Å². The molecule has 0 aliphatic carbocycles. The molecular weight excluding hydrogens is 275 g/mol. The number of anilines is 1. The maximum Gasteiger partial charge on any atom is 0.422 e. The molecule has 0 aromatic carbocycles. The zero-order chi connectivity index (χ0) is 14.6. The zero-order valence-corrected chi connectivity index (χ0v) is 10.6. The molecule has 1 amide bonds. The number of ether oxygens (including phenoxy) is 1. The summed E-state index contributed by atoms with van der Waals surface area (Å²) in [4.78, 5) is 18.9. The summed E-state index contributed by atoms with van der Waals surface area (Å²) < 4.78 is 40.1. The number of amides is 1. The van der Waals surface area contributed by atoms with Crippen LogP contribution >= 0.6 is 0 Å². The lowest BCUT2D eigenvalue weighted by atomic mass is 10.3. The lowest BCUT2D eigenvalue weighted by Crippen LogP contribution is -2.49. The van der Waals surface area contributed by atoms with Crippen molar-refractivity contribution >= 4 is 11.9 Å². The number of halogens is 3. The third-order valence-electron chi connectivity index (χ3n) is 2.87. The number of nitrogens with zero attached hydrogens (tertiary/aromatic N) is 3. The molecule has 1 aromatic heterocycles. The van der Waals surface area contributed by atoms with Crippen molar-refractivity contribution in [1.82, 2.24) is 9.88 Å². The smallest absolute Gasteiger partial charge is 0.422 e. The molecule has 0 unspecified atom stereocenters. The highest BCUT2D eigenvalue weighted by Gasteiger charge is 2.31. The van der Waals surface area contributed by atoms with E-state index in [0.717, 1.165) is 5.82 Å². The van der Waals surface area contributed by atoms with Gasteiger partial charge in [0, 0.05) is 32.4 Å². The van der Waals surface area contributed by atoms with Gasteiger partial charge in [0.1, 0.15) is 5.82 Å². The van der Waals surface area contributed by atoms with Crippen LogP contribution in [-0.2, 0) is 4.74 Å². The molecule has 0 bridgehead atoms. The largest absolute Gasteiger partial charge is 0.440 e. The molecule has 1 aliphatic heterocycles. The molecule has 8 heteroatoms. The summed E-state index contributed by atoms with van der Waals surface area (Å²) in [5, 5.41) is 0. The SMILES string of the molecule is O=C(OCC(F)(F)F)N1CCN(c2ccccn2)CC1. The van der Waals surface area contributed by atoms with Gasteiger partial charge in [0.15, 0.2) is 6.61 Å². The monoisotopic (exact) mass is 289 g/mol. The summed E-state index contributed by atoms with van der Waals surface area (Å²) >= 11 is 0. The molecule has 2 rings (SSSR count). The second kappa shape index (κ2) is 5.98. The molecule has 0 atom stereocenters. The quantitative estimate of drug-likeness (QED) is 0.834. The lowest BCUT2D eigenvalue weighted by molar-refractivity contribution is -0.162. The molecule has 0 spiro atoms. The number of alkyl halides is 3. The Kier molecular flexibility index (Phi) is 4.31. The minimum Gasteiger partial charge on any atom is -0.440 e. The van der Waals surface area contributed by atoms with Gasteiger partial charge in [-0.3, -0.25) is 0 Å². The van der Waals surface area contributed by atoms with Gasteiger partial charge < -0.3 is 14.5 Å². The van der Waals surface area contributed by atoms with Crippen molar-refractivity contribution in [1.29, 1.82) is 0 Å². The molecule has 0 saturated carbocycles. The average molecular weight is 289 g/mol. The van der Waals surface area contributed by atoms with Crippen LogP contribution in [0, 0.1) is 0 Å². The summed E-state index contributed by atoms with van der Waals surface area (Å²) in [5.41, 5.74) is 0. The molecule has 5 nitrogen and oxygen atoms in total. The van der Waals surface area contributed by atoms with Crippen molar-refractivity contribution in [2.24, 2.45) is 0 Å². The number of aromatic nitrogens is 1. The van der Waals surface area contributed by atoms with Crippen molar-refractivity contribution in [2.75, 3.05) is 37.7 Å². The minimum absolute atomic E-state index is 0.313. The number of hydrogen-bond acceptors (Lipinski definition) is 4. The fourth-order valence-electron chi connectivity index (χ4n) is 1.89. The standard InChI is InChI=1S/C12H14F3N3O2/c13-12(14,15)9-20-11(19)18-7-5-17(6-8-18)10-3-1-2-4-16-10/h1-4H,5-9H2. The predicted molar refractivity (Wildman–Crippen MR) is 65.4 cm³/mol. The number of rotatable bonds is 2. The summed E-state index contributed by atoms with van der Waals surface area (Å²) in [6, 6.07) is 5.50. The van der Waals surface area contributed by atoms with Crippen molar-refractivity contribution in [2.45, 2.75) is 6.18 Å². The van der Waals surface area contributed by atoms with E-state index in [4.69, 9.17) is 0 Å². The highest BCUT2D eigenvalue weighted by molar-refractivity contribution is 5.68. The first-order chi connectivity index (χ1) is 9.46. The molecule has 1 aromatic rings. The molecular formula is C12H14F3N3O2. The summed E-state index contributed by atoms with van der Waals surface area (Å²) in [6.45, 7) is 0.100. The Hall–Kier alpha value is -1.99. The molecule has 0 radical (unpaired) electrons. The van der Waals surface area contributed by atoms with E-state index in [2.05, 4.69) is 9.72 Å². The number of carbonyl (C=O) groups is 1. The molecule has 110 valence electrons. The van der Waals surface area contributed by atoms with Crippen molar-refractivity contribution < 1.29 is 22.7 Å². The number of piperazine rings is 1. The molecule has 0 N–H and O–H groups in total. The first kappa shape index (κ1) is 14.4. The van der Waals surface area contributed by atoms with E-state index in [-0.39, 0.29) is 0 Å². The predicted octanol–water partition coefficient (Wildman–Crippen LogP) is 1.90. The zero-order valence-electron chi connectivity index (χ0n) is 10.6. The topological polar surface area (TPSA) is 45.7 Å². The van der Waals surface area contributed by atoms with Crippen molar-refractivity contribution in [3.8, 4) is 0 Å². The van der Waals surface area contributed by atoms with E-state index in [1.807, 2.05) is 17.0 Å². The van der Waals surface area contributed by atoms with Crippen LogP contribution in [0.5, 0.6) is 0 Å². The number of pyridine rings is 1. The third-order valence-corrected chi connectivity index (χ3v) is 2.87. The molecule has 1 saturated heterocycles. The minimum atomic E-state index is -4.49. The van der Waals surface area contributed by atoms with Gasteiger partial charge in [0.2, 0.25) is 0 Å². The second-order valence-electron chi connectivity index (χ2n) is 4.33. The molecule has 2 heterocycles. The number of hydrogen-bond donors (Lipinski definition) is 0. The molecule has 1 fully saturated rings. The van der Waals surface area contributed by atoms with Gasteiger partial charge in [0.25, 0.3) is 0 Å². The molecule has 20 heavy (non-hydrogen) atoms. The van der Waals surface area contributed by atoms with Gasteiger partial charge in [-0.15, -0.1) is 0 Å².